The quantitative estimate of drug-likeness (QED) is 0.511. The van der Waals surface area contributed by atoms with Gasteiger partial charge in [0.05, 0.1) is 5.76 Å². The summed E-state index contributed by atoms with van der Waals surface area (Å²) in [5, 5.41) is 0. The normalized spacial score (nSPS) is 41.9. The molecule has 3 aliphatic carbocycles. The standard InChI is InChI=1S/C13H20OSi/c1-15(2,3)14-13-8-9-7-12(13)11-6-4-5-10(9)11/h4-5,8-12H,6-7H2,1-3H3/t9-,10-,11-,12-/m1/s1. The monoisotopic (exact) mass is 220 g/mol. The van der Waals surface area contributed by atoms with E-state index in [0.717, 1.165) is 23.7 Å². The first-order chi connectivity index (χ1) is 7.04. The zero-order valence-corrected chi connectivity index (χ0v) is 10.9. The highest BCUT2D eigenvalue weighted by Crippen LogP contribution is 2.56. The van der Waals surface area contributed by atoms with Gasteiger partial charge in [-0.1, -0.05) is 12.2 Å². The van der Waals surface area contributed by atoms with E-state index in [-0.39, 0.29) is 0 Å². The fourth-order valence-corrected chi connectivity index (χ4v) is 4.44. The van der Waals surface area contributed by atoms with Gasteiger partial charge in [0.2, 0.25) is 8.32 Å². The molecule has 2 bridgehead atoms. The second-order valence-corrected chi connectivity index (χ2v) is 10.6. The molecule has 0 heterocycles. The molecule has 1 nitrogen and oxygen atoms in total. The SMILES string of the molecule is C[Si](C)(C)OC1=C[C@H]2C[C@@H]1[C@@H]1CC=C[C@@H]12. The van der Waals surface area contributed by atoms with E-state index in [0.29, 0.717) is 0 Å². The van der Waals surface area contributed by atoms with E-state index in [2.05, 4.69) is 37.9 Å². The van der Waals surface area contributed by atoms with Gasteiger partial charge in [0, 0.05) is 5.92 Å². The van der Waals surface area contributed by atoms with Gasteiger partial charge in [-0.2, -0.15) is 0 Å². The molecular weight excluding hydrogens is 200 g/mol. The van der Waals surface area contributed by atoms with E-state index >= 15 is 0 Å². The highest BCUT2D eigenvalue weighted by molar-refractivity contribution is 6.70. The van der Waals surface area contributed by atoms with Crippen LogP contribution in [0.25, 0.3) is 0 Å². The lowest BCUT2D eigenvalue weighted by molar-refractivity contribution is 0.279. The van der Waals surface area contributed by atoms with Crippen molar-refractivity contribution in [1.82, 2.24) is 0 Å². The summed E-state index contributed by atoms with van der Waals surface area (Å²) in [7, 11) is -1.39. The number of fused-ring (bicyclic) bond motifs is 5. The Morgan fingerprint density at radius 2 is 2.13 bits per heavy atom. The molecule has 3 rings (SSSR count). The highest BCUT2D eigenvalue weighted by Gasteiger charge is 2.49. The topological polar surface area (TPSA) is 9.23 Å². The van der Waals surface area contributed by atoms with Crippen molar-refractivity contribution < 1.29 is 4.43 Å². The molecule has 2 heteroatoms. The first-order valence-corrected chi connectivity index (χ1v) is 9.53. The first-order valence-electron chi connectivity index (χ1n) is 6.12. The smallest absolute Gasteiger partial charge is 0.241 e. The first kappa shape index (κ1) is 9.70. The molecule has 0 aromatic rings. The third-order valence-electron chi connectivity index (χ3n) is 3.97. The van der Waals surface area contributed by atoms with Crippen molar-refractivity contribution in [3.63, 3.8) is 0 Å². The molecule has 0 spiro atoms. The van der Waals surface area contributed by atoms with Crippen LogP contribution in [0.5, 0.6) is 0 Å². The summed E-state index contributed by atoms with van der Waals surface area (Å²) in [6, 6.07) is 0. The second-order valence-electron chi connectivity index (χ2n) is 6.19. The van der Waals surface area contributed by atoms with Gasteiger partial charge in [0.1, 0.15) is 0 Å². The molecule has 0 aromatic carbocycles. The van der Waals surface area contributed by atoms with Crippen LogP contribution in [0.2, 0.25) is 19.6 Å². The molecule has 1 saturated carbocycles. The third-order valence-corrected chi connectivity index (χ3v) is 4.81. The van der Waals surface area contributed by atoms with Gasteiger partial charge in [-0.3, -0.25) is 0 Å². The van der Waals surface area contributed by atoms with Crippen molar-refractivity contribution in [2.75, 3.05) is 0 Å². The van der Waals surface area contributed by atoms with Gasteiger partial charge in [0.15, 0.2) is 0 Å². The molecule has 0 unspecified atom stereocenters. The van der Waals surface area contributed by atoms with Crippen molar-refractivity contribution in [3.8, 4) is 0 Å². The van der Waals surface area contributed by atoms with Crippen LogP contribution >= 0.6 is 0 Å². The maximum absolute atomic E-state index is 6.21. The Morgan fingerprint density at radius 3 is 2.87 bits per heavy atom. The third kappa shape index (κ3) is 1.50. The lowest BCUT2D eigenvalue weighted by Crippen LogP contribution is -2.29. The molecular formula is C13H20OSi. The minimum absolute atomic E-state index is 0.752. The maximum atomic E-state index is 6.21. The van der Waals surface area contributed by atoms with Crippen LogP contribution < -0.4 is 0 Å². The molecule has 3 aliphatic rings. The van der Waals surface area contributed by atoms with E-state index < -0.39 is 8.32 Å². The van der Waals surface area contributed by atoms with Crippen LogP contribution in [0, 0.1) is 23.7 Å². The van der Waals surface area contributed by atoms with Crippen molar-refractivity contribution in [1.29, 1.82) is 0 Å². The van der Waals surface area contributed by atoms with Gasteiger partial charge in [-0.25, -0.2) is 0 Å². The second kappa shape index (κ2) is 3.00. The average molecular weight is 220 g/mol. The summed E-state index contributed by atoms with van der Waals surface area (Å²) in [6.07, 6.45) is 9.90. The van der Waals surface area contributed by atoms with Gasteiger partial charge >= 0.3 is 0 Å². The molecule has 1 fully saturated rings. The Kier molecular flexibility index (Phi) is 1.94. The van der Waals surface area contributed by atoms with Crippen molar-refractivity contribution in [2.24, 2.45) is 23.7 Å². The molecule has 0 amide bonds. The highest BCUT2D eigenvalue weighted by atomic mass is 28.4. The molecule has 4 atom stereocenters. The lowest BCUT2D eigenvalue weighted by Gasteiger charge is -2.30. The summed E-state index contributed by atoms with van der Waals surface area (Å²) in [5.41, 5.74) is 0. The van der Waals surface area contributed by atoms with Gasteiger partial charge < -0.3 is 4.43 Å². The van der Waals surface area contributed by atoms with Crippen LogP contribution in [-0.2, 0) is 4.43 Å². The number of allylic oxidation sites excluding steroid dienone is 4. The van der Waals surface area contributed by atoms with Crippen LogP contribution in [0.15, 0.2) is 24.0 Å². The molecule has 0 aromatic heterocycles. The number of rotatable bonds is 2. The van der Waals surface area contributed by atoms with E-state index in [4.69, 9.17) is 4.43 Å². The van der Waals surface area contributed by atoms with E-state index in [9.17, 15) is 0 Å². The Hall–Kier alpha value is -0.503. The summed E-state index contributed by atoms with van der Waals surface area (Å²) in [5.74, 6) is 4.63. The van der Waals surface area contributed by atoms with Crippen molar-refractivity contribution in [3.05, 3.63) is 24.0 Å². The molecule has 82 valence electrons. The fourth-order valence-electron chi connectivity index (χ4n) is 3.51. The predicted octanol–water partition coefficient (Wildman–Crippen LogP) is 3.56. The van der Waals surface area contributed by atoms with E-state index in [1.54, 1.807) is 0 Å². The van der Waals surface area contributed by atoms with E-state index in [1.807, 2.05) is 0 Å². The minimum atomic E-state index is -1.39. The lowest BCUT2D eigenvalue weighted by atomic mass is 9.85. The summed E-state index contributed by atoms with van der Waals surface area (Å²) in [6.45, 7) is 6.85. The van der Waals surface area contributed by atoms with Gasteiger partial charge in [-0.05, 0) is 56.3 Å². The fraction of sp³-hybridized carbons (Fsp3) is 0.692. The summed E-state index contributed by atoms with van der Waals surface area (Å²) >= 11 is 0. The molecule has 0 N–H and O–H groups in total. The Bertz CT molecular complexity index is 337. The Morgan fingerprint density at radius 1 is 1.33 bits per heavy atom. The van der Waals surface area contributed by atoms with Crippen molar-refractivity contribution >= 4 is 8.32 Å². The van der Waals surface area contributed by atoms with Crippen LogP contribution in [0.4, 0.5) is 0 Å². The predicted molar refractivity (Wildman–Crippen MR) is 64.8 cm³/mol. The minimum Gasteiger partial charge on any atom is -0.547 e. The zero-order valence-electron chi connectivity index (χ0n) is 9.86. The van der Waals surface area contributed by atoms with Crippen LogP contribution in [-0.4, -0.2) is 8.32 Å². The van der Waals surface area contributed by atoms with Gasteiger partial charge in [-0.15, -0.1) is 0 Å². The Balaban J connectivity index is 1.80. The number of hydrogen-bond acceptors (Lipinski definition) is 1. The molecule has 15 heavy (non-hydrogen) atoms. The summed E-state index contributed by atoms with van der Waals surface area (Å²) in [4.78, 5) is 0. The van der Waals surface area contributed by atoms with Crippen LogP contribution in [0.3, 0.4) is 0 Å². The molecule has 0 saturated heterocycles. The number of hydrogen-bond donors (Lipinski definition) is 0. The average Bonchev–Trinajstić information content (AvgIpc) is 2.66. The Labute approximate surface area is 93.3 Å². The molecule has 0 radical (unpaired) electrons. The summed E-state index contributed by atoms with van der Waals surface area (Å²) < 4.78 is 6.21. The zero-order chi connectivity index (χ0) is 10.6. The molecule has 0 aliphatic heterocycles. The maximum Gasteiger partial charge on any atom is 0.241 e. The van der Waals surface area contributed by atoms with Crippen molar-refractivity contribution in [2.45, 2.75) is 32.5 Å². The van der Waals surface area contributed by atoms with Gasteiger partial charge in [0.25, 0.3) is 0 Å². The van der Waals surface area contributed by atoms with E-state index in [1.165, 1.54) is 18.6 Å². The van der Waals surface area contributed by atoms with Crippen LogP contribution in [0.1, 0.15) is 12.8 Å². The largest absolute Gasteiger partial charge is 0.547 e.